The van der Waals surface area contributed by atoms with E-state index in [0.717, 1.165) is 24.3 Å². The van der Waals surface area contributed by atoms with E-state index in [1.807, 2.05) is 25.1 Å². The number of aliphatic hydroxyl groups excluding tert-OH is 1. The Hall–Kier alpha value is -1.50. The molecule has 0 saturated heterocycles. The van der Waals surface area contributed by atoms with Crippen molar-refractivity contribution in [3.05, 3.63) is 28.8 Å². The van der Waals surface area contributed by atoms with Crippen molar-refractivity contribution in [3.8, 4) is 5.75 Å². The van der Waals surface area contributed by atoms with Crippen molar-refractivity contribution in [1.82, 2.24) is 10.6 Å². The highest BCUT2D eigenvalue weighted by molar-refractivity contribution is 6.31. The molecule has 0 bridgehead atoms. The van der Waals surface area contributed by atoms with Crippen LogP contribution in [0.3, 0.4) is 0 Å². The molecule has 1 aromatic rings. The van der Waals surface area contributed by atoms with E-state index >= 15 is 0 Å². The number of aliphatic imine (C=N–C) groups is 1. The third kappa shape index (κ3) is 9.27. The highest BCUT2D eigenvalue weighted by atomic mass is 35.5. The maximum atomic E-state index is 9.95. The van der Waals surface area contributed by atoms with E-state index in [1.165, 1.54) is 0 Å². The average molecular weight is 386 g/mol. The summed E-state index contributed by atoms with van der Waals surface area (Å²) in [6.45, 7) is 8.80. The van der Waals surface area contributed by atoms with Crippen molar-refractivity contribution in [2.24, 2.45) is 10.9 Å². The van der Waals surface area contributed by atoms with Crippen LogP contribution in [0.1, 0.15) is 26.3 Å². The Morgan fingerprint density at radius 1 is 1.27 bits per heavy atom. The highest BCUT2D eigenvalue weighted by Gasteiger charge is 2.06. The van der Waals surface area contributed by atoms with Gasteiger partial charge < -0.3 is 25.2 Å². The summed E-state index contributed by atoms with van der Waals surface area (Å²) < 4.78 is 10.6. The maximum absolute atomic E-state index is 9.95. The Morgan fingerprint density at radius 2 is 2.04 bits per heavy atom. The predicted octanol–water partition coefficient (Wildman–Crippen LogP) is 2.48. The van der Waals surface area contributed by atoms with Crippen LogP contribution in [0.25, 0.3) is 0 Å². The minimum absolute atomic E-state index is 0.288. The molecule has 1 unspecified atom stereocenters. The molecule has 0 heterocycles. The molecule has 148 valence electrons. The van der Waals surface area contributed by atoms with Gasteiger partial charge in [0, 0.05) is 24.7 Å². The third-order valence-electron chi connectivity index (χ3n) is 3.51. The molecule has 0 spiro atoms. The molecule has 0 aromatic heterocycles. The van der Waals surface area contributed by atoms with Crippen LogP contribution in [0.4, 0.5) is 0 Å². The van der Waals surface area contributed by atoms with Gasteiger partial charge in [0.1, 0.15) is 5.75 Å². The van der Waals surface area contributed by atoms with E-state index in [1.54, 1.807) is 7.11 Å². The van der Waals surface area contributed by atoms with Gasteiger partial charge in [0.15, 0.2) is 5.96 Å². The van der Waals surface area contributed by atoms with Crippen molar-refractivity contribution >= 4 is 17.6 Å². The number of guanidine groups is 1. The van der Waals surface area contributed by atoms with Crippen LogP contribution in [0.15, 0.2) is 23.2 Å². The molecule has 0 fully saturated rings. The van der Waals surface area contributed by atoms with Crippen LogP contribution in [-0.2, 0) is 11.2 Å². The fourth-order valence-corrected chi connectivity index (χ4v) is 2.47. The van der Waals surface area contributed by atoms with Gasteiger partial charge >= 0.3 is 0 Å². The molecule has 26 heavy (non-hydrogen) atoms. The first kappa shape index (κ1) is 22.5. The summed E-state index contributed by atoms with van der Waals surface area (Å²) in [6, 6.07) is 5.67. The first-order valence-corrected chi connectivity index (χ1v) is 9.44. The Balaban J connectivity index is 2.44. The van der Waals surface area contributed by atoms with Gasteiger partial charge in [0.05, 0.1) is 26.4 Å². The van der Waals surface area contributed by atoms with Crippen molar-refractivity contribution in [2.45, 2.75) is 33.3 Å². The molecule has 0 saturated carbocycles. The second-order valence-electron chi connectivity index (χ2n) is 6.44. The Bertz CT molecular complexity index is 553. The summed E-state index contributed by atoms with van der Waals surface area (Å²) in [5, 5.41) is 17.1. The topological polar surface area (TPSA) is 75.1 Å². The smallest absolute Gasteiger partial charge is 0.191 e. The zero-order valence-corrected chi connectivity index (χ0v) is 17.0. The number of halogens is 1. The lowest BCUT2D eigenvalue weighted by Crippen LogP contribution is -2.39. The molecular formula is C19H32ClN3O3. The average Bonchev–Trinajstić information content (AvgIpc) is 2.60. The van der Waals surface area contributed by atoms with E-state index in [4.69, 9.17) is 21.1 Å². The Morgan fingerprint density at radius 3 is 2.65 bits per heavy atom. The Labute approximate surface area is 161 Å². The lowest BCUT2D eigenvalue weighted by molar-refractivity contribution is 0.0301. The lowest BCUT2D eigenvalue weighted by Gasteiger charge is -2.14. The van der Waals surface area contributed by atoms with Gasteiger partial charge in [-0.25, -0.2) is 0 Å². The van der Waals surface area contributed by atoms with Crippen LogP contribution >= 0.6 is 11.6 Å². The van der Waals surface area contributed by atoms with E-state index in [2.05, 4.69) is 29.5 Å². The number of nitrogens with zero attached hydrogens (tertiary/aromatic N) is 1. The van der Waals surface area contributed by atoms with Crippen LogP contribution < -0.4 is 15.4 Å². The zero-order valence-electron chi connectivity index (χ0n) is 16.2. The molecule has 1 atom stereocenters. The predicted molar refractivity (Wildman–Crippen MR) is 107 cm³/mol. The Kier molecular flexibility index (Phi) is 11.1. The van der Waals surface area contributed by atoms with Gasteiger partial charge in [-0.2, -0.15) is 0 Å². The summed E-state index contributed by atoms with van der Waals surface area (Å²) in [5.41, 5.74) is 1.04. The maximum Gasteiger partial charge on any atom is 0.191 e. The summed E-state index contributed by atoms with van der Waals surface area (Å²) in [6.07, 6.45) is 0.146. The van der Waals surface area contributed by atoms with Crippen molar-refractivity contribution in [3.63, 3.8) is 0 Å². The molecule has 3 N–H and O–H groups in total. The standard InChI is InChI=1S/C19H32ClN3O3/c1-5-21-19(23-11-16(24)13-26-12-14(2)3)22-9-8-15-6-7-17(25-4)10-18(15)20/h6-7,10,14,16,24H,5,8-9,11-13H2,1-4H3,(H2,21,22,23). The number of benzene rings is 1. The van der Waals surface area contributed by atoms with Gasteiger partial charge in [0.25, 0.3) is 0 Å². The van der Waals surface area contributed by atoms with E-state index in [9.17, 15) is 5.11 Å². The van der Waals surface area contributed by atoms with Gasteiger partial charge in [0.2, 0.25) is 0 Å². The number of ether oxygens (including phenoxy) is 2. The number of rotatable bonds is 11. The molecule has 1 aromatic carbocycles. The quantitative estimate of drug-likeness (QED) is 0.403. The number of methoxy groups -OCH3 is 1. The second-order valence-corrected chi connectivity index (χ2v) is 6.85. The minimum atomic E-state index is -0.611. The molecule has 0 radical (unpaired) electrons. The first-order chi connectivity index (χ1) is 12.5. The van der Waals surface area contributed by atoms with Crippen LogP contribution in [0, 0.1) is 5.92 Å². The van der Waals surface area contributed by atoms with Crippen molar-refractivity contribution < 1.29 is 14.6 Å². The summed E-state index contributed by atoms with van der Waals surface area (Å²) >= 11 is 6.26. The van der Waals surface area contributed by atoms with Gasteiger partial charge in [-0.05, 0) is 37.0 Å². The number of nitrogens with one attached hydrogen (secondary N) is 2. The monoisotopic (exact) mass is 385 g/mol. The fourth-order valence-electron chi connectivity index (χ4n) is 2.20. The molecule has 1 rings (SSSR count). The number of aliphatic hydroxyl groups is 1. The van der Waals surface area contributed by atoms with Crippen LogP contribution in [0.2, 0.25) is 5.02 Å². The molecule has 0 amide bonds. The van der Waals surface area contributed by atoms with Crippen molar-refractivity contribution in [2.75, 3.05) is 40.0 Å². The summed E-state index contributed by atoms with van der Waals surface area (Å²) in [4.78, 5) is 4.40. The normalized spacial score (nSPS) is 13.0. The molecule has 7 heteroatoms. The summed E-state index contributed by atoms with van der Waals surface area (Å²) in [7, 11) is 1.62. The lowest BCUT2D eigenvalue weighted by atomic mass is 10.1. The van der Waals surface area contributed by atoms with Gasteiger partial charge in [-0.3, -0.25) is 4.99 Å². The zero-order chi connectivity index (χ0) is 19.4. The summed E-state index contributed by atoms with van der Waals surface area (Å²) in [5.74, 6) is 1.87. The molecule has 0 aliphatic heterocycles. The van der Waals surface area contributed by atoms with Crippen LogP contribution in [-0.4, -0.2) is 57.1 Å². The van der Waals surface area contributed by atoms with Gasteiger partial charge in [-0.15, -0.1) is 0 Å². The third-order valence-corrected chi connectivity index (χ3v) is 3.86. The van der Waals surface area contributed by atoms with E-state index < -0.39 is 6.10 Å². The fraction of sp³-hybridized carbons (Fsp3) is 0.632. The molecule has 0 aliphatic rings. The number of hydrogen-bond donors (Lipinski definition) is 3. The molecular weight excluding hydrogens is 354 g/mol. The highest BCUT2D eigenvalue weighted by Crippen LogP contribution is 2.22. The second kappa shape index (κ2) is 12.8. The molecule has 0 aliphatic carbocycles. The first-order valence-electron chi connectivity index (χ1n) is 9.06. The molecule has 6 nitrogen and oxygen atoms in total. The van der Waals surface area contributed by atoms with Crippen molar-refractivity contribution in [1.29, 1.82) is 0 Å². The van der Waals surface area contributed by atoms with Gasteiger partial charge in [-0.1, -0.05) is 31.5 Å². The number of hydrogen-bond acceptors (Lipinski definition) is 4. The minimum Gasteiger partial charge on any atom is -0.497 e. The van der Waals surface area contributed by atoms with E-state index in [0.29, 0.717) is 36.7 Å². The van der Waals surface area contributed by atoms with Crippen LogP contribution in [0.5, 0.6) is 5.75 Å². The largest absolute Gasteiger partial charge is 0.497 e. The van der Waals surface area contributed by atoms with E-state index in [-0.39, 0.29) is 6.54 Å². The SMILES string of the molecule is CCNC(=NCC(O)COCC(C)C)NCCc1ccc(OC)cc1Cl.